The van der Waals surface area contributed by atoms with Crippen LogP contribution in [0.2, 0.25) is 0 Å². The van der Waals surface area contributed by atoms with Crippen molar-refractivity contribution >= 4 is 41.7 Å². The number of halogens is 2. The highest BCUT2D eigenvalue weighted by molar-refractivity contribution is 9.10. The molecule has 2 aromatic rings. The number of hydrogen-bond donors (Lipinski definition) is 0. The molecule has 0 N–H and O–H groups in total. The molecule has 0 fully saturated rings. The van der Waals surface area contributed by atoms with Crippen LogP contribution in [0.5, 0.6) is 0 Å². The van der Waals surface area contributed by atoms with Gasteiger partial charge in [-0.15, -0.1) is 0 Å². The highest BCUT2D eigenvalue weighted by Gasteiger charge is 2.40. The summed E-state index contributed by atoms with van der Waals surface area (Å²) < 4.78 is 27.3. The molecule has 20 heavy (non-hydrogen) atoms. The Morgan fingerprint density at radius 2 is 1.25 bits per heavy atom. The fourth-order valence-electron chi connectivity index (χ4n) is 2.71. The zero-order chi connectivity index (χ0) is 14.7. The van der Waals surface area contributed by atoms with Gasteiger partial charge >= 0.3 is 0 Å². The molecule has 0 aromatic heterocycles. The lowest BCUT2D eigenvalue weighted by atomic mass is 9.78. The van der Waals surface area contributed by atoms with Crippen molar-refractivity contribution in [1.82, 2.24) is 0 Å². The predicted octanol–water partition coefficient (Wildman–Crippen LogP) is 4.68. The molecule has 0 atom stereocenters. The molecule has 1 heterocycles. The van der Waals surface area contributed by atoms with Crippen LogP contribution in [0.4, 0.5) is 0 Å². The number of rotatable bonds is 0. The molecule has 3 rings (SSSR count). The second-order valence-electron chi connectivity index (χ2n) is 5.41. The van der Waals surface area contributed by atoms with E-state index in [-0.39, 0.29) is 5.41 Å². The zero-order valence-electron chi connectivity index (χ0n) is 10.9. The summed E-state index contributed by atoms with van der Waals surface area (Å²) in [5.41, 5.74) is 1.30. The number of hydrogen-bond acceptors (Lipinski definition) is 2. The third kappa shape index (κ3) is 1.90. The predicted molar refractivity (Wildman–Crippen MR) is 85.9 cm³/mol. The van der Waals surface area contributed by atoms with Crippen molar-refractivity contribution < 1.29 is 8.42 Å². The molecular formula is C15H12Br2O2S. The average Bonchev–Trinajstić information content (AvgIpc) is 2.36. The monoisotopic (exact) mass is 414 g/mol. The molecular weight excluding hydrogens is 404 g/mol. The van der Waals surface area contributed by atoms with Crippen molar-refractivity contribution in [2.24, 2.45) is 0 Å². The van der Waals surface area contributed by atoms with Gasteiger partial charge in [-0.2, -0.15) is 0 Å². The van der Waals surface area contributed by atoms with Crippen LogP contribution >= 0.6 is 31.9 Å². The molecule has 0 saturated heterocycles. The summed E-state index contributed by atoms with van der Waals surface area (Å²) in [4.78, 5) is 0.807. The van der Waals surface area contributed by atoms with Gasteiger partial charge in [-0.05, 0) is 47.5 Å². The van der Waals surface area contributed by atoms with E-state index in [1.807, 2.05) is 12.1 Å². The van der Waals surface area contributed by atoms with Gasteiger partial charge in [-0.25, -0.2) is 8.42 Å². The lowest BCUT2D eigenvalue weighted by Crippen LogP contribution is -2.29. The fraction of sp³-hybridized carbons (Fsp3) is 0.200. The van der Waals surface area contributed by atoms with E-state index in [1.54, 1.807) is 24.3 Å². The van der Waals surface area contributed by atoms with Gasteiger partial charge in [0, 0.05) is 14.4 Å². The normalized spacial score (nSPS) is 18.2. The van der Waals surface area contributed by atoms with Crippen molar-refractivity contribution in [3.8, 4) is 0 Å². The van der Waals surface area contributed by atoms with Crippen LogP contribution in [0.1, 0.15) is 25.0 Å². The van der Waals surface area contributed by atoms with E-state index in [1.165, 1.54) is 0 Å². The lowest BCUT2D eigenvalue weighted by molar-refractivity contribution is 0.555. The van der Waals surface area contributed by atoms with Gasteiger partial charge in [0.05, 0.1) is 9.79 Å². The number of fused-ring (bicyclic) bond motifs is 2. The molecule has 1 aliphatic rings. The van der Waals surface area contributed by atoms with Crippen molar-refractivity contribution in [3.05, 3.63) is 56.5 Å². The van der Waals surface area contributed by atoms with Crippen molar-refractivity contribution in [2.75, 3.05) is 0 Å². The Morgan fingerprint density at radius 3 is 1.65 bits per heavy atom. The molecule has 2 nitrogen and oxygen atoms in total. The van der Waals surface area contributed by atoms with Gasteiger partial charge in [0.15, 0.2) is 0 Å². The molecule has 0 aliphatic carbocycles. The van der Waals surface area contributed by atoms with Crippen LogP contribution in [0, 0.1) is 0 Å². The first-order valence-corrected chi connectivity index (χ1v) is 9.16. The maximum Gasteiger partial charge on any atom is 0.207 e. The molecule has 0 saturated carbocycles. The lowest BCUT2D eigenvalue weighted by Gasteiger charge is -2.34. The summed E-state index contributed by atoms with van der Waals surface area (Å²) in [6.45, 7) is 4.11. The molecule has 2 aromatic carbocycles. The molecule has 5 heteroatoms. The van der Waals surface area contributed by atoms with Gasteiger partial charge in [0.2, 0.25) is 9.84 Å². The van der Waals surface area contributed by atoms with Crippen molar-refractivity contribution in [1.29, 1.82) is 0 Å². The SMILES string of the molecule is CC1(C)c2cc(Br)ccc2S(=O)(=O)c2ccc(Br)cc21. The highest BCUT2D eigenvalue weighted by atomic mass is 79.9. The first kappa shape index (κ1) is 14.3. The standard InChI is InChI=1S/C15H12Br2O2S/c1-15(2)11-7-9(16)3-5-13(11)20(18,19)14-6-4-10(17)8-12(14)15/h3-8H,1-2H3. The van der Waals surface area contributed by atoms with Crippen LogP contribution < -0.4 is 0 Å². The smallest absolute Gasteiger partial charge is 0.207 e. The fourth-order valence-corrected chi connectivity index (χ4v) is 5.37. The minimum absolute atomic E-state index is 0.358. The first-order valence-electron chi connectivity index (χ1n) is 6.10. The summed E-state index contributed by atoms with van der Waals surface area (Å²) in [6.07, 6.45) is 0. The average molecular weight is 416 g/mol. The van der Waals surface area contributed by atoms with Crippen LogP contribution in [-0.4, -0.2) is 8.42 Å². The van der Waals surface area contributed by atoms with E-state index in [0.717, 1.165) is 20.1 Å². The van der Waals surface area contributed by atoms with Crippen molar-refractivity contribution in [3.63, 3.8) is 0 Å². The molecule has 1 aliphatic heterocycles. The Balaban J connectivity index is 2.47. The number of benzene rings is 2. The molecule has 104 valence electrons. The summed E-state index contributed by atoms with van der Waals surface area (Å²) in [7, 11) is -3.45. The summed E-state index contributed by atoms with van der Waals surface area (Å²) in [5, 5.41) is 0. The third-order valence-corrected chi connectivity index (χ3v) is 6.67. The summed E-state index contributed by atoms with van der Waals surface area (Å²) >= 11 is 6.86. The summed E-state index contributed by atoms with van der Waals surface area (Å²) in [6, 6.07) is 10.7. The topological polar surface area (TPSA) is 34.1 Å². The van der Waals surface area contributed by atoms with E-state index in [2.05, 4.69) is 45.7 Å². The second kappa shape index (κ2) is 4.42. The minimum Gasteiger partial charge on any atom is -0.218 e. The summed E-state index contributed by atoms with van der Waals surface area (Å²) in [5.74, 6) is 0. The van der Waals surface area contributed by atoms with Gasteiger partial charge < -0.3 is 0 Å². The van der Waals surface area contributed by atoms with Gasteiger partial charge in [0.1, 0.15) is 0 Å². The Kier molecular flexibility index (Phi) is 3.16. The second-order valence-corrected chi connectivity index (χ2v) is 9.13. The molecule has 0 unspecified atom stereocenters. The largest absolute Gasteiger partial charge is 0.218 e. The zero-order valence-corrected chi connectivity index (χ0v) is 14.9. The Hall–Kier alpha value is -0.650. The first-order chi connectivity index (χ1) is 9.24. The molecule has 0 spiro atoms. The highest BCUT2D eigenvalue weighted by Crippen LogP contribution is 2.46. The molecule has 0 radical (unpaired) electrons. The van der Waals surface area contributed by atoms with Crippen LogP contribution in [0.3, 0.4) is 0 Å². The van der Waals surface area contributed by atoms with Crippen molar-refractivity contribution in [2.45, 2.75) is 29.1 Å². The van der Waals surface area contributed by atoms with Gasteiger partial charge in [-0.1, -0.05) is 45.7 Å². The molecule has 0 amide bonds. The van der Waals surface area contributed by atoms with Crippen LogP contribution in [0.25, 0.3) is 0 Å². The van der Waals surface area contributed by atoms with Crippen LogP contribution in [-0.2, 0) is 15.3 Å². The van der Waals surface area contributed by atoms with E-state index >= 15 is 0 Å². The van der Waals surface area contributed by atoms with Gasteiger partial charge in [0.25, 0.3) is 0 Å². The third-order valence-electron chi connectivity index (χ3n) is 3.81. The minimum atomic E-state index is -3.45. The Labute approximate surface area is 135 Å². The van der Waals surface area contributed by atoms with E-state index in [9.17, 15) is 8.42 Å². The Bertz CT molecular complexity index is 762. The van der Waals surface area contributed by atoms with E-state index in [0.29, 0.717) is 9.79 Å². The van der Waals surface area contributed by atoms with Gasteiger partial charge in [-0.3, -0.25) is 0 Å². The number of sulfone groups is 1. The quantitative estimate of drug-likeness (QED) is 0.625. The maximum atomic E-state index is 12.8. The van der Waals surface area contributed by atoms with E-state index in [4.69, 9.17) is 0 Å². The van der Waals surface area contributed by atoms with Crippen LogP contribution in [0.15, 0.2) is 55.1 Å². The molecule has 0 bridgehead atoms. The Morgan fingerprint density at radius 1 is 0.850 bits per heavy atom. The maximum absolute atomic E-state index is 12.8. The van der Waals surface area contributed by atoms with E-state index < -0.39 is 9.84 Å².